The standard InChI is InChI=1S/C22H26ClN3O3S/c23-18-8-10-19(11-9-18)24-14-16-25(17-15-24)22(27)20-6-2-3-7-21(20)30(28,29)26-12-4-1-5-13-26/h2-3,6-11H,1,4-5,12-17H2. The molecule has 0 unspecified atom stereocenters. The minimum atomic E-state index is -3.67. The van der Waals surface area contributed by atoms with Gasteiger partial charge in [0.2, 0.25) is 10.0 Å². The highest BCUT2D eigenvalue weighted by Crippen LogP contribution is 2.25. The van der Waals surface area contributed by atoms with E-state index in [0.29, 0.717) is 44.3 Å². The van der Waals surface area contributed by atoms with Gasteiger partial charge in [-0.05, 0) is 49.2 Å². The topological polar surface area (TPSA) is 60.9 Å². The number of carbonyl (C=O) groups is 1. The van der Waals surface area contributed by atoms with Crippen molar-refractivity contribution in [1.82, 2.24) is 9.21 Å². The van der Waals surface area contributed by atoms with Crippen molar-refractivity contribution in [2.75, 3.05) is 44.2 Å². The van der Waals surface area contributed by atoms with Gasteiger partial charge in [-0.15, -0.1) is 0 Å². The van der Waals surface area contributed by atoms with Crippen LogP contribution < -0.4 is 4.90 Å². The molecular formula is C22H26ClN3O3S. The summed E-state index contributed by atoms with van der Waals surface area (Å²) in [6, 6.07) is 14.3. The zero-order valence-electron chi connectivity index (χ0n) is 16.8. The van der Waals surface area contributed by atoms with Gasteiger partial charge in [0.05, 0.1) is 10.5 Å². The Kier molecular flexibility index (Phi) is 6.32. The van der Waals surface area contributed by atoms with Crippen LogP contribution in [0.15, 0.2) is 53.4 Å². The molecule has 2 fully saturated rings. The molecule has 6 nitrogen and oxygen atoms in total. The van der Waals surface area contributed by atoms with Crippen LogP contribution >= 0.6 is 11.6 Å². The van der Waals surface area contributed by atoms with E-state index in [0.717, 1.165) is 24.9 Å². The van der Waals surface area contributed by atoms with Crippen LogP contribution in [-0.2, 0) is 10.0 Å². The highest BCUT2D eigenvalue weighted by atomic mass is 35.5. The van der Waals surface area contributed by atoms with Crippen molar-refractivity contribution in [2.24, 2.45) is 0 Å². The summed E-state index contributed by atoms with van der Waals surface area (Å²) in [6.07, 6.45) is 2.77. The first-order valence-electron chi connectivity index (χ1n) is 10.4. The number of rotatable bonds is 4. The third-order valence-corrected chi connectivity index (χ3v) is 8.02. The lowest BCUT2D eigenvalue weighted by Crippen LogP contribution is -2.49. The van der Waals surface area contributed by atoms with Gasteiger partial charge < -0.3 is 9.80 Å². The van der Waals surface area contributed by atoms with Crippen LogP contribution in [0.1, 0.15) is 29.6 Å². The number of piperazine rings is 1. The van der Waals surface area contributed by atoms with Crippen molar-refractivity contribution in [3.05, 3.63) is 59.1 Å². The van der Waals surface area contributed by atoms with Crippen LogP contribution in [0.4, 0.5) is 5.69 Å². The molecule has 0 spiro atoms. The molecule has 0 radical (unpaired) electrons. The van der Waals surface area contributed by atoms with Crippen LogP contribution in [-0.4, -0.2) is 62.8 Å². The van der Waals surface area contributed by atoms with E-state index in [2.05, 4.69) is 4.90 Å². The molecule has 0 aliphatic carbocycles. The number of carbonyl (C=O) groups excluding carboxylic acids is 1. The summed E-state index contributed by atoms with van der Waals surface area (Å²) in [5.74, 6) is -0.220. The van der Waals surface area contributed by atoms with Gasteiger partial charge in [-0.2, -0.15) is 4.31 Å². The maximum Gasteiger partial charge on any atom is 0.255 e. The Labute approximate surface area is 183 Å². The van der Waals surface area contributed by atoms with Crippen molar-refractivity contribution in [3.63, 3.8) is 0 Å². The highest BCUT2D eigenvalue weighted by molar-refractivity contribution is 7.89. The second-order valence-electron chi connectivity index (χ2n) is 7.72. The van der Waals surface area contributed by atoms with E-state index in [1.807, 2.05) is 24.3 Å². The van der Waals surface area contributed by atoms with Crippen molar-refractivity contribution in [1.29, 1.82) is 0 Å². The summed E-state index contributed by atoms with van der Waals surface area (Å²) in [6.45, 7) is 3.50. The van der Waals surface area contributed by atoms with Crippen LogP contribution in [0.5, 0.6) is 0 Å². The molecule has 0 atom stereocenters. The van der Waals surface area contributed by atoms with Crippen LogP contribution in [0, 0.1) is 0 Å². The number of sulfonamides is 1. The number of amides is 1. The maximum absolute atomic E-state index is 13.2. The summed E-state index contributed by atoms with van der Waals surface area (Å²) in [5.41, 5.74) is 1.34. The molecule has 2 heterocycles. The van der Waals surface area contributed by atoms with E-state index in [9.17, 15) is 13.2 Å². The summed E-state index contributed by atoms with van der Waals surface area (Å²) < 4.78 is 27.9. The molecule has 2 aliphatic rings. The molecule has 0 N–H and O–H groups in total. The molecule has 2 aliphatic heterocycles. The zero-order chi connectivity index (χ0) is 21.1. The number of benzene rings is 2. The molecule has 160 valence electrons. The number of halogens is 1. The van der Waals surface area contributed by atoms with Gasteiger partial charge in [0.15, 0.2) is 0 Å². The molecule has 2 aromatic rings. The van der Waals surface area contributed by atoms with E-state index < -0.39 is 10.0 Å². The smallest absolute Gasteiger partial charge is 0.255 e. The monoisotopic (exact) mass is 447 g/mol. The Bertz CT molecular complexity index is 997. The Balaban J connectivity index is 1.50. The first-order valence-corrected chi connectivity index (χ1v) is 12.2. The van der Waals surface area contributed by atoms with Gasteiger partial charge in [-0.25, -0.2) is 8.42 Å². The predicted octanol–water partition coefficient (Wildman–Crippen LogP) is 3.48. The van der Waals surface area contributed by atoms with E-state index in [4.69, 9.17) is 11.6 Å². The van der Waals surface area contributed by atoms with Gasteiger partial charge in [0.25, 0.3) is 5.91 Å². The molecule has 8 heteroatoms. The molecular weight excluding hydrogens is 422 g/mol. The Hall–Kier alpha value is -2.09. The van der Waals surface area contributed by atoms with E-state index in [1.165, 1.54) is 4.31 Å². The van der Waals surface area contributed by atoms with E-state index in [1.54, 1.807) is 29.2 Å². The lowest BCUT2D eigenvalue weighted by molar-refractivity contribution is 0.0742. The number of anilines is 1. The number of hydrogen-bond acceptors (Lipinski definition) is 4. The van der Waals surface area contributed by atoms with Crippen LogP contribution in [0.2, 0.25) is 5.02 Å². The zero-order valence-corrected chi connectivity index (χ0v) is 18.4. The molecule has 2 aromatic carbocycles. The number of nitrogens with zero attached hydrogens (tertiary/aromatic N) is 3. The van der Waals surface area contributed by atoms with Gasteiger partial charge in [-0.1, -0.05) is 30.2 Å². The fourth-order valence-electron chi connectivity index (χ4n) is 4.10. The molecule has 1 amide bonds. The average Bonchev–Trinajstić information content (AvgIpc) is 2.80. The molecule has 4 rings (SSSR count). The minimum Gasteiger partial charge on any atom is -0.368 e. The summed E-state index contributed by atoms with van der Waals surface area (Å²) >= 11 is 5.97. The van der Waals surface area contributed by atoms with Crippen LogP contribution in [0.3, 0.4) is 0 Å². The first-order chi connectivity index (χ1) is 14.5. The predicted molar refractivity (Wildman–Crippen MR) is 119 cm³/mol. The molecule has 0 saturated carbocycles. The lowest BCUT2D eigenvalue weighted by Gasteiger charge is -2.36. The first kappa shape index (κ1) is 21.2. The fourth-order valence-corrected chi connectivity index (χ4v) is 5.93. The molecule has 0 bridgehead atoms. The minimum absolute atomic E-state index is 0.122. The largest absolute Gasteiger partial charge is 0.368 e. The van der Waals surface area contributed by atoms with Gasteiger partial charge in [0.1, 0.15) is 0 Å². The summed E-state index contributed by atoms with van der Waals surface area (Å²) in [5, 5.41) is 0.694. The second kappa shape index (κ2) is 8.96. The van der Waals surface area contributed by atoms with Crippen LogP contribution in [0.25, 0.3) is 0 Å². The lowest BCUT2D eigenvalue weighted by atomic mass is 10.1. The van der Waals surface area contributed by atoms with Gasteiger partial charge in [-0.3, -0.25) is 4.79 Å². The third kappa shape index (κ3) is 4.33. The third-order valence-electron chi connectivity index (χ3n) is 5.81. The maximum atomic E-state index is 13.2. The summed E-state index contributed by atoms with van der Waals surface area (Å²) in [7, 11) is -3.67. The van der Waals surface area contributed by atoms with Gasteiger partial charge in [0, 0.05) is 50.0 Å². The second-order valence-corrected chi connectivity index (χ2v) is 10.1. The SMILES string of the molecule is O=C(c1ccccc1S(=O)(=O)N1CCCCC1)N1CCN(c2ccc(Cl)cc2)CC1. The number of piperidine rings is 1. The molecule has 0 aromatic heterocycles. The Morgan fingerprint density at radius 2 is 1.43 bits per heavy atom. The fraction of sp³-hybridized carbons (Fsp3) is 0.409. The van der Waals surface area contributed by atoms with Crippen molar-refractivity contribution >= 4 is 33.2 Å². The Morgan fingerprint density at radius 3 is 2.10 bits per heavy atom. The normalized spacial score (nSPS) is 18.4. The average molecular weight is 448 g/mol. The molecule has 2 saturated heterocycles. The van der Waals surface area contributed by atoms with Gasteiger partial charge >= 0.3 is 0 Å². The van der Waals surface area contributed by atoms with E-state index >= 15 is 0 Å². The summed E-state index contributed by atoms with van der Waals surface area (Å²) in [4.78, 5) is 17.3. The van der Waals surface area contributed by atoms with Crippen molar-refractivity contribution in [3.8, 4) is 0 Å². The highest BCUT2D eigenvalue weighted by Gasteiger charge is 2.32. The Morgan fingerprint density at radius 1 is 0.800 bits per heavy atom. The molecule has 30 heavy (non-hydrogen) atoms. The van der Waals surface area contributed by atoms with Crippen molar-refractivity contribution < 1.29 is 13.2 Å². The van der Waals surface area contributed by atoms with Crippen molar-refractivity contribution in [2.45, 2.75) is 24.2 Å². The number of hydrogen-bond donors (Lipinski definition) is 0. The van der Waals surface area contributed by atoms with E-state index in [-0.39, 0.29) is 16.4 Å². The quantitative estimate of drug-likeness (QED) is 0.720.